The first-order valence-electron chi connectivity index (χ1n) is 5.92. The van der Waals surface area contributed by atoms with E-state index in [4.69, 9.17) is 0 Å². The van der Waals surface area contributed by atoms with Crippen molar-refractivity contribution in [1.29, 1.82) is 0 Å². The third-order valence-electron chi connectivity index (χ3n) is 3.92. The first kappa shape index (κ1) is 11.1. The molecule has 0 saturated carbocycles. The molecule has 3 amide bonds. The van der Waals surface area contributed by atoms with Crippen LogP contribution in [0.15, 0.2) is 12.1 Å². The predicted molar refractivity (Wildman–Crippen MR) is 64.2 cm³/mol. The van der Waals surface area contributed by atoms with Gasteiger partial charge in [-0.1, -0.05) is 13.0 Å². The number of benzene rings is 1. The minimum Gasteiger partial charge on any atom is -0.508 e. The van der Waals surface area contributed by atoms with Gasteiger partial charge in [0.2, 0.25) is 0 Å². The van der Waals surface area contributed by atoms with Crippen LogP contribution in [-0.4, -0.2) is 17.0 Å². The summed E-state index contributed by atoms with van der Waals surface area (Å²) in [5, 5.41) is 15.0. The van der Waals surface area contributed by atoms with E-state index in [2.05, 4.69) is 10.6 Å². The molecule has 1 spiro atoms. The van der Waals surface area contributed by atoms with Crippen molar-refractivity contribution in [2.45, 2.75) is 31.7 Å². The number of urea groups is 1. The van der Waals surface area contributed by atoms with E-state index < -0.39 is 11.6 Å². The van der Waals surface area contributed by atoms with Crippen LogP contribution in [-0.2, 0) is 10.3 Å². The summed E-state index contributed by atoms with van der Waals surface area (Å²) < 4.78 is 0. The molecule has 1 aliphatic heterocycles. The highest BCUT2D eigenvalue weighted by Gasteiger charge is 2.55. The molecule has 3 rings (SSSR count). The highest BCUT2D eigenvalue weighted by Crippen LogP contribution is 2.50. The van der Waals surface area contributed by atoms with E-state index in [1.807, 2.05) is 19.9 Å². The third-order valence-corrected chi connectivity index (χ3v) is 3.92. The van der Waals surface area contributed by atoms with Gasteiger partial charge in [0, 0.05) is 5.56 Å². The average Bonchev–Trinajstić information content (AvgIpc) is 2.73. The Morgan fingerprint density at radius 2 is 2.11 bits per heavy atom. The normalized spacial score (nSPS) is 29.3. The highest BCUT2D eigenvalue weighted by molar-refractivity contribution is 6.08. The monoisotopic (exact) mass is 246 g/mol. The molecule has 1 aliphatic carbocycles. The Morgan fingerprint density at radius 1 is 1.39 bits per heavy atom. The molecule has 0 aromatic heterocycles. The third kappa shape index (κ3) is 1.16. The molecule has 1 heterocycles. The van der Waals surface area contributed by atoms with Crippen LogP contribution in [0.3, 0.4) is 0 Å². The summed E-state index contributed by atoms with van der Waals surface area (Å²) in [6.45, 7) is 3.94. The van der Waals surface area contributed by atoms with Gasteiger partial charge in [-0.2, -0.15) is 0 Å². The Morgan fingerprint density at radius 3 is 2.72 bits per heavy atom. The molecule has 0 bridgehead atoms. The van der Waals surface area contributed by atoms with Crippen LogP contribution in [0.2, 0.25) is 0 Å². The van der Waals surface area contributed by atoms with Gasteiger partial charge in [0.05, 0.1) is 0 Å². The van der Waals surface area contributed by atoms with Gasteiger partial charge in [0.25, 0.3) is 5.91 Å². The number of carbonyl (C=O) groups excluding carboxylic acids is 2. The Balaban J connectivity index is 2.29. The zero-order valence-corrected chi connectivity index (χ0v) is 10.2. The van der Waals surface area contributed by atoms with Crippen LogP contribution in [0, 0.1) is 6.92 Å². The van der Waals surface area contributed by atoms with Crippen molar-refractivity contribution in [3.63, 3.8) is 0 Å². The van der Waals surface area contributed by atoms with Gasteiger partial charge in [-0.25, -0.2) is 4.79 Å². The van der Waals surface area contributed by atoms with Crippen molar-refractivity contribution >= 4 is 11.9 Å². The first-order chi connectivity index (χ1) is 8.45. The molecule has 1 aromatic carbocycles. The van der Waals surface area contributed by atoms with E-state index in [1.165, 1.54) is 0 Å². The highest BCUT2D eigenvalue weighted by atomic mass is 16.3. The van der Waals surface area contributed by atoms with Crippen molar-refractivity contribution < 1.29 is 14.7 Å². The summed E-state index contributed by atoms with van der Waals surface area (Å²) in [7, 11) is 0. The molecule has 1 aromatic rings. The van der Waals surface area contributed by atoms with E-state index >= 15 is 0 Å². The summed E-state index contributed by atoms with van der Waals surface area (Å²) in [4.78, 5) is 23.5. The van der Waals surface area contributed by atoms with E-state index in [-0.39, 0.29) is 17.6 Å². The second-order valence-electron chi connectivity index (χ2n) is 5.11. The van der Waals surface area contributed by atoms with E-state index in [1.54, 1.807) is 6.07 Å². The molecule has 5 heteroatoms. The average molecular weight is 246 g/mol. The first-order valence-corrected chi connectivity index (χ1v) is 5.92. The Labute approximate surface area is 104 Å². The maximum atomic E-state index is 12.1. The van der Waals surface area contributed by atoms with E-state index in [0.717, 1.165) is 11.1 Å². The van der Waals surface area contributed by atoms with Gasteiger partial charge in [-0.15, -0.1) is 0 Å². The number of hydrogen-bond donors (Lipinski definition) is 3. The summed E-state index contributed by atoms with van der Waals surface area (Å²) in [6.07, 6.45) is 0.484. The maximum absolute atomic E-state index is 12.1. The summed E-state index contributed by atoms with van der Waals surface area (Å²) in [5.41, 5.74) is 1.45. The molecule has 2 unspecified atom stereocenters. The summed E-state index contributed by atoms with van der Waals surface area (Å²) >= 11 is 0. The summed E-state index contributed by atoms with van der Waals surface area (Å²) in [5.74, 6) is -0.187. The molecule has 18 heavy (non-hydrogen) atoms. The van der Waals surface area contributed by atoms with Gasteiger partial charge in [0.15, 0.2) is 5.54 Å². The van der Waals surface area contributed by atoms with Crippen molar-refractivity contribution in [3.8, 4) is 5.75 Å². The molecule has 2 atom stereocenters. The second-order valence-corrected chi connectivity index (χ2v) is 5.11. The molecule has 1 fully saturated rings. The SMILES string of the molecule is Cc1ccc(O)c2c1C(C)CC21NC(=O)NC1=O. The van der Waals surface area contributed by atoms with Crippen LogP contribution < -0.4 is 10.6 Å². The number of phenolic OH excluding ortho intramolecular Hbond substituents is 1. The van der Waals surface area contributed by atoms with Crippen LogP contribution >= 0.6 is 0 Å². The smallest absolute Gasteiger partial charge is 0.322 e. The van der Waals surface area contributed by atoms with Crippen LogP contribution in [0.25, 0.3) is 0 Å². The number of carbonyl (C=O) groups is 2. The largest absolute Gasteiger partial charge is 0.508 e. The predicted octanol–water partition coefficient (Wildman–Crippen LogP) is 1.24. The lowest BCUT2D eigenvalue weighted by Crippen LogP contribution is -2.41. The zero-order valence-electron chi connectivity index (χ0n) is 10.2. The van der Waals surface area contributed by atoms with Gasteiger partial charge in [-0.05, 0) is 36.5 Å². The fraction of sp³-hybridized carbons (Fsp3) is 0.385. The van der Waals surface area contributed by atoms with Crippen molar-refractivity contribution in [1.82, 2.24) is 10.6 Å². The van der Waals surface area contributed by atoms with E-state index in [0.29, 0.717) is 12.0 Å². The number of rotatable bonds is 0. The fourth-order valence-corrected chi connectivity index (χ4v) is 3.27. The minimum atomic E-state index is -1.10. The fourth-order valence-electron chi connectivity index (χ4n) is 3.27. The van der Waals surface area contributed by atoms with Gasteiger partial charge < -0.3 is 10.4 Å². The Hall–Kier alpha value is -2.04. The van der Waals surface area contributed by atoms with Gasteiger partial charge >= 0.3 is 6.03 Å². The Kier molecular flexibility index (Phi) is 2.00. The molecule has 94 valence electrons. The van der Waals surface area contributed by atoms with Crippen LogP contribution in [0.4, 0.5) is 4.79 Å². The quantitative estimate of drug-likeness (QED) is 0.603. The standard InChI is InChI=1S/C13H14N2O3/c1-6-3-4-8(16)10-9(6)7(2)5-13(10)11(17)14-12(18)15-13/h3-4,7,16H,5H2,1-2H3,(H2,14,15,17,18). The second kappa shape index (κ2) is 3.25. The van der Waals surface area contributed by atoms with E-state index in [9.17, 15) is 14.7 Å². The van der Waals surface area contributed by atoms with Crippen LogP contribution in [0.1, 0.15) is 36.0 Å². The number of aryl methyl sites for hydroxylation is 1. The number of imide groups is 1. The lowest BCUT2D eigenvalue weighted by molar-refractivity contribution is -0.124. The van der Waals surface area contributed by atoms with Crippen LogP contribution in [0.5, 0.6) is 5.75 Å². The summed E-state index contributed by atoms with van der Waals surface area (Å²) in [6, 6.07) is 2.91. The molecule has 0 radical (unpaired) electrons. The van der Waals surface area contributed by atoms with Crippen molar-refractivity contribution in [2.75, 3.05) is 0 Å². The molecular formula is C13H14N2O3. The molecule has 5 nitrogen and oxygen atoms in total. The zero-order chi connectivity index (χ0) is 13.1. The number of nitrogens with one attached hydrogen (secondary N) is 2. The number of phenols is 1. The number of hydrogen-bond acceptors (Lipinski definition) is 3. The molecular weight excluding hydrogens is 232 g/mol. The minimum absolute atomic E-state index is 0.0669. The van der Waals surface area contributed by atoms with Gasteiger partial charge in [-0.3, -0.25) is 10.1 Å². The maximum Gasteiger partial charge on any atom is 0.322 e. The number of aromatic hydroxyl groups is 1. The lowest BCUT2D eigenvalue weighted by Gasteiger charge is -2.22. The van der Waals surface area contributed by atoms with Gasteiger partial charge in [0.1, 0.15) is 5.75 Å². The van der Waals surface area contributed by atoms with Crippen molar-refractivity contribution in [3.05, 3.63) is 28.8 Å². The lowest BCUT2D eigenvalue weighted by atomic mass is 9.90. The number of amides is 3. The Bertz CT molecular complexity index is 582. The number of fused-ring (bicyclic) bond motifs is 2. The van der Waals surface area contributed by atoms with Crippen molar-refractivity contribution in [2.24, 2.45) is 0 Å². The molecule has 3 N–H and O–H groups in total. The molecule has 1 saturated heterocycles. The molecule has 2 aliphatic rings. The topological polar surface area (TPSA) is 78.4 Å².